The molecule has 0 amide bonds. The maximum Gasteiger partial charge on any atom is 2.00 e. The van der Waals surface area contributed by atoms with Crippen LogP contribution in [0, 0.1) is 24.3 Å². The molecule has 0 saturated heterocycles. The molecule has 0 fully saturated rings. The Bertz CT molecular complexity index is 2930. The summed E-state index contributed by atoms with van der Waals surface area (Å²) < 4.78 is 2.08. The first kappa shape index (κ1) is 43.1. The zero-order chi connectivity index (χ0) is 41.3. The fourth-order valence-electron chi connectivity index (χ4n) is 7.61. The van der Waals surface area contributed by atoms with E-state index in [-0.39, 0.29) is 46.3 Å². The average Bonchev–Trinajstić information content (AvgIpc) is 3.63. The predicted molar refractivity (Wildman–Crippen MR) is 246 cm³/mol. The van der Waals surface area contributed by atoms with Gasteiger partial charge in [0.1, 0.15) is 0 Å². The Labute approximate surface area is 395 Å². The molecule has 63 heavy (non-hydrogen) atoms. The molecular formula is C54H39N7Pd2. The molecular weight excluding hydrogens is 959 g/mol. The van der Waals surface area contributed by atoms with Gasteiger partial charge in [-0.15, -0.1) is 83.9 Å². The van der Waals surface area contributed by atoms with Crippen molar-refractivity contribution in [3.63, 3.8) is 0 Å². The number of para-hydroxylation sites is 2. The summed E-state index contributed by atoms with van der Waals surface area (Å²) in [5.41, 5.74) is 11.4. The molecule has 10 aromatic rings. The molecule has 310 valence electrons. The van der Waals surface area contributed by atoms with Crippen LogP contribution in [0.15, 0.2) is 183 Å². The number of pyridine rings is 2. The Hall–Kier alpha value is -6.58. The summed E-state index contributed by atoms with van der Waals surface area (Å²) in [4.78, 5) is 23.6. The van der Waals surface area contributed by atoms with Crippen LogP contribution in [0.1, 0.15) is 26.3 Å². The fourth-order valence-corrected chi connectivity index (χ4v) is 7.61. The molecule has 0 aliphatic carbocycles. The van der Waals surface area contributed by atoms with Gasteiger partial charge in [-0.1, -0.05) is 104 Å². The maximum atomic E-state index is 5.02. The van der Waals surface area contributed by atoms with Gasteiger partial charge in [0, 0.05) is 36.2 Å². The zero-order valence-electron chi connectivity index (χ0n) is 34.6. The topological polar surface area (TPSA) is 63.0 Å². The van der Waals surface area contributed by atoms with Gasteiger partial charge in [-0.05, 0) is 70.1 Å². The van der Waals surface area contributed by atoms with Crippen LogP contribution in [0.3, 0.4) is 0 Å². The maximum absolute atomic E-state index is 5.02. The van der Waals surface area contributed by atoms with Gasteiger partial charge in [-0.2, -0.15) is 22.9 Å². The van der Waals surface area contributed by atoms with Crippen molar-refractivity contribution >= 4 is 55.9 Å². The normalized spacial score (nSPS) is 11.2. The van der Waals surface area contributed by atoms with Crippen LogP contribution in [-0.4, -0.2) is 24.5 Å². The Balaban J connectivity index is 0.00000272. The minimum atomic E-state index is -0.120. The standard InChI is InChI=1S/C54H39N7.2Pd/c1-54(2,3)40-36-57-53(58-37-40)61-51-34-45(59(41-18-6-4-7-19-41)43-22-14-16-38(32-43)49-24-10-12-30-55-49)26-28-47(51)48-29-27-46(35-52(48)61)60(42-20-8-5-9-21-42)44-23-15-17-39(33-44)50-25-11-13-31-56-50;;/h4-31,36-37H,1-3H3;;/q-4;2*+2. The number of aromatic nitrogens is 5. The fraction of sp³-hybridized carbons (Fsp3) is 0.0741. The van der Waals surface area contributed by atoms with E-state index in [1.54, 1.807) is 12.4 Å². The molecule has 0 aliphatic heterocycles. The largest absolute Gasteiger partial charge is 2.00 e. The van der Waals surface area contributed by atoms with Gasteiger partial charge >= 0.3 is 40.8 Å². The van der Waals surface area contributed by atoms with Gasteiger partial charge in [0.05, 0.1) is 0 Å². The van der Waals surface area contributed by atoms with Crippen molar-refractivity contribution in [1.29, 1.82) is 0 Å². The summed E-state index contributed by atoms with van der Waals surface area (Å²) >= 11 is 0. The third-order valence-electron chi connectivity index (χ3n) is 10.7. The third-order valence-corrected chi connectivity index (χ3v) is 10.7. The number of benzene rings is 6. The van der Waals surface area contributed by atoms with Gasteiger partial charge in [0.2, 0.25) is 5.95 Å². The van der Waals surface area contributed by atoms with E-state index in [9.17, 15) is 0 Å². The van der Waals surface area contributed by atoms with Crippen molar-refractivity contribution in [3.8, 4) is 28.5 Å². The number of hydrogen-bond donors (Lipinski definition) is 0. The van der Waals surface area contributed by atoms with Crippen molar-refractivity contribution in [2.75, 3.05) is 9.80 Å². The van der Waals surface area contributed by atoms with Gasteiger partial charge in [0.25, 0.3) is 0 Å². The van der Waals surface area contributed by atoms with E-state index < -0.39 is 0 Å². The summed E-state index contributed by atoms with van der Waals surface area (Å²) in [5.74, 6) is 0.528. The van der Waals surface area contributed by atoms with E-state index in [0.29, 0.717) is 5.95 Å². The van der Waals surface area contributed by atoms with Gasteiger partial charge in [0.15, 0.2) is 0 Å². The van der Waals surface area contributed by atoms with Crippen LogP contribution in [0.4, 0.5) is 34.1 Å². The minimum Gasteiger partial charge on any atom is -0.352 e. The summed E-state index contributed by atoms with van der Waals surface area (Å²) in [7, 11) is 0. The molecule has 7 nitrogen and oxygen atoms in total. The molecule has 0 saturated carbocycles. The first-order valence-electron chi connectivity index (χ1n) is 20.2. The Kier molecular flexibility index (Phi) is 12.6. The molecule has 0 bridgehead atoms. The Morgan fingerprint density at radius 1 is 0.429 bits per heavy atom. The second-order valence-electron chi connectivity index (χ2n) is 15.7. The van der Waals surface area contributed by atoms with Crippen LogP contribution in [0.5, 0.6) is 0 Å². The molecule has 0 radical (unpaired) electrons. The summed E-state index contributed by atoms with van der Waals surface area (Å²) in [6, 6.07) is 68.3. The zero-order valence-corrected chi connectivity index (χ0v) is 37.7. The van der Waals surface area contributed by atoms with Crippen LogP contribution >= 0.6 is 0 Å². The van der Waals surface area contributed by atoms with Crippen molar-refractivity contribution in [2.24, 2.45) is 0 Å². The molecule has 0 unspecified atom stereocenters. The van der Waals surface area contributed by atoms with E-state index in [2.05, 4.69) is 130 Å². The number of anilines is 6. The van der Waals surface area contributed by atoms with Crippen molar-refractivity contribution in [1.82, 2.24) is 24.5 Å². The van der Waals surface area contributed by atoms with Crippen molar-refractivity contribution in [2.45, 2.75) is 26.2 Å². The van der Waals surface area contributed by atoms with E-state index in [1.807, 2.05) is 109 Å². The van der Waals surface area contributed by atoms with E-state index in [1.165, 1.54) is 0 Å². The van der Waals surface area contributed by atoms with Crippen LogP contribution in [0.2, 0.25) is 0 Å². The summed E-state index contributed by atoms with van der Waals surface area (Å²) in [6.07, 6.45) is 7.47. The molecule has 9 heteroatoms. The number of nitrogens with zero attached hydrogens (tertiary/aromatic N) is 7. The van der Waals surface area contributed by atoms with E-state index in [4.69, 9.17) is 9.97 Å². The molecule has 6 aromatic carbocycles. The monoisotopic (exact) mass is 997 g/mol. The summed E-state index contributed by atoms with van der Waals surface area (Å²) in [6.45, 7) is 6.51. The molecule has 10 rings (SSSR count). The van der Waals surface area contributed by atoms with Crippen LogP contribution in [0.25, 0.3) is 50.3 Å². The van der Waals surface area contributed by atoms with Crippen molar-refractivity contribution < 1.29 is 40.8 Å². The second-order valence-corrected chi connectivity index (χ2v) is 15.7. The van der Waals surface area contributed by atoms with Crippen LogP contribution in [-0.2, 0) is 46.3 Å². The molecule has 4 aromatic heterocycles. The van der Waals surface area contributed by atoms with E-state index >= 15 is 0 Å². The van der Waals surface area contributed by atoms with Crippen LogP contribution < -0.4 is 9.80 Å². The number of hydrogen-bond acceptors (Lipinski definition) is 6. The third kappa shape index (κ3) is 8.63. The first-order valence-corrected chi connectivity index (χ1v) is 20.2. The van der Waals surface area contributed by atoms with Crippen molar-refractivity contribution in [3.05, 3.63) is 212 Å². The number of fused-ring (bicyclic) bond motifs is 3. The predicted octanol–water partition coefficient (Wildman–Crippen LogP) is 13.1. The molecule has 0 N–H and O–H groups in total. The molecule has 0 aliphatic rings. The minimum absolute atomic E-state index is 0. The first-order chi connectivity index (χ1) is 29.9. The molecule has 0 atom stereocenters. The SMILES string of the molecule is CC(C)(C)c1cnc(-n2c3[c-]c(N(c4[c-]c(-c5ccccn5)ccc4)c4ccccc4)ccc3c3ccc(N(c4[c-]c(-c5ccccn5)ccc4)c4ccccc4)[c-]c32)nc1.[Pd+2].[Pd+2]. The quantitative estimate of drug-likeness (QED) is 0.106. The van der Waals surface area contributed by atoms with E-state index in [0.717, 1.165) is 84.0 Å². The molecule has 0 spiro atoms. The van der Waals surface area contributed by atoms with Gasteiger partial charge in [-0.3, -0.25) is 0 Å². The Morgan fingerprint density at radius 3 is 1.27 bits per heavy atom. The smallest absolute Gasteiger partial charge is 0.352 e. The molecule has 4 heterocycles. The van der Waals surface area contributed by atoms with Gasteiger partial charge < -0.3 is 24.3 Å². The average molecular weight is 999 g/mol. The second kappa shape index (κ2) is 18.4. The van der Waals surface area contributed by atoms with Gasteiger partial charge in [-0.25, -0.2) is 9.97 Å². The Morgan fingerprint density at radius 2 is 0.857 bits per heavy atom. The summed E-state index contributed by atoms with van der Waals surface area (Å²) in [5, 5.41) is 2.00. The number of rotatable bonds is 9.